The minimum atomic E-state index is -0.738. The van der Waals surface area contributed by atoms with Gasteiger partial charge in [0.25, 0.3) is 11.5 Å². The Hall–Kier alpha value is -1.62. The fourth-order valence-corrected chi connectivity index (χ4v) is 3.64. The highest BCUT2D eigenvalue weighted by atomic mass is 16.3. The van der Waals surface area contributed by atoms with Gasteiger partial charge in [-0.15, -0.1) is 0 Å². The number of amides is 1. The number of pyridine rings is 1. The number of likely N-dealkylation sites (tertiary alicyclic amines) is 1. The zero-order chi connectivity index (χ0) is 17.4. The molecule has 1 aliphatic heterocycles. The number of aryl methyl sites for hydroxylation is 1. The van der Waals surface area contributed by atoms with Gasteiger partial charge < -0.3 is 14.6 Å². The van der Waals surface area contributed by atoms with Crippen molar-refractivity contribution < 1.29 is 9.90 Å². The summed E-state index contributed by atoms with van der Waals surface area (Å²) in [6.45, 7) is 8.78. The van der Waals surface area contributed by atoms with Gasteiger partial charge >= 0.3 is 0 Å². The third kappa shape index (κ3) is 3.20. The number of piperidine rings is 1. The van der Waals surface area contributed by atoms with Crippen molar-refractivity contribution >= 4 is 5.91 Å². The third-order valence-corrected chi connectivity index (χ3v) is 5.31. The Bertz CT molecular complexity index is 661. The van der Waals surface area contributed by atoms with Crippen LogP contribution in [-0.4, -0.2) is 39.2 Å². The van der Waals surface area contributed by atoms with E-state index in [-0.39, 0.29) is 22.9 Å². The smallest absolute Gasteiger partial charge is 0.263 e. The van der Waals surface area contributed by atoms with Gasteiger partial charge in [-0.2, -0.15) is 0 Å². The van der Waals surface area contributed by atoms with E-state index < -0.39 is 5.60 Å². The molecule has 0 aromatic carbocycles. The molecule has 0 aliphatic carbocycles. The highest BCUT2D eigenvalue weighted by Crippen LogP contribution is 2.30. The molecule has 23 heavy (non-hydrogen) atoms. The summed E-state index contributed by atoms with van der Waals surface area (Å²) in [6.07, 6.45) is 2.11. The van der Waals surface area contributed by atoms with E-state index in [2.05, 4.69) is 0 Å². The Morgan fingerprint density at radius 1 is 1.43 bits per heavy atom. The molecule has 1 fully saturated rings. The van der Waals surface area contributed by atoms with Crippen molar-refractivity contribution in [3.8, 4) is 0 Å². The molecule has 2 heterocycles. The van der Waals surface area contributed by atoms with E-state index in [9.17, 15) is 14.7 Å². The molecule has 1 saturated heterocycles. The fraction of sp³-hybridized carbons (Fsp3) is 0.667. The maximum atomic E-state index is 12.8. The largest absolute Gasteiger partial charge is 0.390 e. The van der Waals surface area contributed by atoms with Gasteiger partial charge in [0.1, 0.15) is 5.56 Å². The zero-order valence-corrected chi connectivity index (χ0v) is 14.8. The van der Waals surface area contributed by atoms with E-state index in [1.165, 1.54) is 0 Å². The lowest BCUT2D eigenvalue weighted by molar-refractivity contribution is -0.0521. The predicted molar refractivity (Wildman–Crippen MR) is 90.7 cm³/mol. The van der Waals surface area contributed by atoms with Crippen LogP contribution in [-0.2, 0) is 13.5 Å². The van der Waals surface area contributed by atoms with Crippen molar-refractivity contribution in [2.45, 2.75) is 52.6 Å². The van der Waals surface area contributed by atoms with Crippen LogP contribution in [0.25, 0.3) is 0 Å². The first-order chi connectivity index (χ1) is 10.7. The van der Waals surface area contributed by atoms with Crippen LogP contribution in [0, 0.1) is 12.8 Å². The van der Waals surface area contributed by atoms with Crippen LogP contribution >= 0.6 is 0 Å². The minimum Gasteiger partial charge on any atom is -0.390 e. The Morgan fingerprint density at radius 2 is 2.09 bits per heavy atom. The number of rotatable bonds is 3. The van der Waals surface area contributed by atoms with Gasteiger partial charge in [0.15, 0.2) is 0 Å². The van der Waals surface area contributed by atoms with Gasteiger partial charge in [-0.3, -0.25) is 9.59 Å². The molecule has 1 aromatic rings. The summed E-state index contributed by atoms with van der Waals surface area (Å²) in [5, 5.41) is 10.4. The molecular weight excluding hydrogens is 292 g/mol. The van der Waals surface area contributed by atoms with E-state index in [1.807, 2.05) is 27.7 Å². The first-order valence-corrected chi connectivity index (χ1v) is 8.44. The van der Waals surface area contributed by atoms with Crippen molar-refractivity contribution in [3.63, 3.8) is 0 Å². The first kappa shape index (κ1) is 17.7. The predicted octanol–water partition coefficient (Wildman–Crippen LogP) is 1.88. The van der Waals surface area contributed by atoms with Crippen LogP contribution in [0.1, 0.15) is 55.2 Å². The van der Waals surface area contributed by atoms with Gasteiger partial charge in [0.2, 0.25) is 0 Å². The maximum Gasteiger partial charge on any atom is 0.263 e. The average molecular weight is 320 g/mol. The summed E-state index contributed by atoms with van der Waals surface area (Å²) in [5.41, 5.74) is 1.19. The monoisotopic (exact) mass is 320 g/mol. The minimum absolute atomic E-state index is 0.0417. The summed E-state index contributed by atoms with van der Waals surface area (Å²) in [5.74, 6) is -0.176. The number of aromatic nitrogens is 1. The Kier molecular flexibility index (Phi) is 4.99. The summed E-state index contributed by atoms with van der Waals surface area (Å²) in [7, 11) is 1.72. The summed E-state index contributed by atoms with van der Waals surface area (Å²) >= 11 is 0. The van der Waals surface area contributed by atoms with Crippen LogP contribution in [0.3, 0.4) is 0 Å². The topological polar surface area (TPSA) is 62.5 Å². The van der Waals surface area contributed by atoms with Crippen LogP contribution in [0.5, 0.6) is 0 Å². The van der Waals surface area contributed by atoms with Crippen molar-refractivity contribution in [1.29, 1.82) is 0 Å². The SMILES string of the molecule is CCc1c(C)cc(C(=O)N2CC[C@@](C)(O)[C@@H](CC)C2)c(=O)n1C. The molecule has 1 N–H and O–H groups in total. The quantitative estimate of drug-likeness (QED) is 0.925. The second-order valence-electron chi connectivity index (χ2n) is 6.87. The molecule has 2 rings (SSSR count). The highest BCUT2D eigenvalue weighted by molar-refractivity contribution is 5.94. The molecule has 2 atom stereocenters. The number of aliphatic hydroxyl groups is 1. The van der Waals surface area contributed by atoms with Crippen LogP contribution in [0.15, 0.2) is 10.9 Å². The van der Waals surface area contributed by atoms with Gasteiger partial charge in [-0.05, 0) is 44.7 Å². The molecule has 1 aromatic heterocycles. The van der Waals surface area contributed by atoms with E-state index in [0.29, 0.717) is 19.5 Å². The number of hydrogen-bond acceptors (Lipinski definition) is 3. The molecule has 1 aliphatic rings. The van der Waals surface area contributed by atoms with Gasteiger partial charge in [0.05, 0.1) is 5.60 Å². The summed E-state index contributed by atoms with van der Waals surface area (Å²) < 4.78 is 1.58. The van der Waals surface area contributed by atoms with Crippen molar-refractivity contribution in [1.82, 2.24) is 9.47 Å². The summed E-state index contributed by atoms with van der Waals surface area (Å²) in [4.78, 5) is 27.1. The molecule has 0 spiro atoms. The second-order valence-corrected chi connectivity index (χ2v) is 6.87. The Balaban J connectivity index is 2.34. The number of carbonyl (C=O) groups excluding carboxylic acids is 1. The zero-order valence-electron chi connectivity index (χ0n) is 14.8. The number of hydrogen-bond donors (Lipinski definition) is 1. The van der Waals surface area contributed by atoms with Crippen LogP contribution in [0.4, 0.5) is 0 Å². The Morgan fingerprint density at radius 3 is 2.65 bits per heavy atom. The standard InChI is InChI=1S/C18H28N2O3/c1-6-13-11-20(9-8-18(13,4)23)17(22)14-10-12(3)15(7-2)19(5)16(14)21/h10,13,23H,6-9,11H2,1-5H3/t13-,18+/m0/s1. The molecule has 5 nitrogen and oxygen atoms in total. The molecule has 5 heteroatoms. The van der Waals surface area contributed by atoms with Crippen molar-refractivity contribution in [3.05, 3.63) is 33.2 Å². The molecular formula is C18H28N2O3. The fourth-order valence-electron chi connectivity index (χ4n) is 3.64. The first-order valence-electron chi connectivity index (χ1n) is 8.44. The molecule has 1 amide bonds. The average Bonchev–Trinajstić information content (AvgIpc) is 2.50. The Labute approximate surface area is 137 Å². The van der Waals surface area contributed by atoms with E-state index >= 15 is 0 Å². The molecule has 128 valence electrons. The third-order valence-electron chi connectivity index (χ3n) is 5.31. The van der Waals surface area contributed by atoms with E-state index in [0.717, 1.165) is 24.1 Å². The molecule has 0 bridgehead atoms. The number of nitrogens with zero attached hydrogens (tertiary/aromatic N) is 2. The van der Waals surface area contributed by atoms with E-state index in [1.54, 1.807) is 22.6 Å². The lowest BCUT2D eigenvalue weighted by atomic mass is 9.81. The molecule has 0 saturated carbocycles. The number of carbonyl (C=O) groups is 1. The summed E-state index contributed by atoms with van der Waals surface area (Å²) in [6, 6.07) is 1.72. The normalized spacial score (nSPS) is 24.8. The van der Waals surface area contributed by atoms with Gasteiger partial charge in [0, 0.05) is 31.7 Å². The second kappa shape index (κ2) is 6.48. The van der Waals surface area contributed by atoms with Gasteiger partial charge in [-0.25, -0.2) is 0 Å². The lowest BCUT2D eigenvalue weighted by Crippen LogP contribution is -2.52. The van der Waals surface area contributed by atoms with Crippen LogP contribution in [0.2, 0.25) is 0 Å². The van der Waals surface area contributed by atoms with Crippen molar-refractivity contribution in [2.75, 3.05) is 13.1 Å². The lowest BCUT2D eigenvalue weighted by Gasteiger charge is -2.42. The van der Waals surface area contributed by atoms with Crippen LogP contribution < -0.4 is 5.56 Å². The van der Waals surface area contributed by atoms with E-state index in [4.69, 9.17) is 0 Å². The molecule has 0 radical (unpaired) electrons. The van der Waals surface area contributed by atoms with Crippen molar-refractivity contribution in [2.24, 2.45) is 13.0 Å². The highest BCUT2D eigenvalue weighted by Gasteiger charge is 2.38. The van der Waals surface area contributed by atoms with Gasteiger partial charge in [-0.1, -0.05) is 13.8 Å². The molecule has 0 unspecified atom stereocenters. The maximum absolute atomic E-state index is 12.8.